The minimum absolute atomic E-state index is 0.190. The number of hydrogen-bond donors (Lipinski definition) is 2. The lowest BCUT2D eigenvalue weighted by atomic mass is 10.2. The van der Waals surface area contributed by atoms with Gasteiger partial charge in [-0.1, -0.05) is 11.6 Å². The maximum absolute atomic E-state index is 14.2. The predicted octanol–water partition coefficient (Wildman–Crippen LogP) is 3.83. The molecule has 0 aliphatic rings. The number of hydrogen-bond acceptors (Lipinski definition) is 5. The minimum Gasteiger partial charge on any atom is -0.375 e. The minimum atomic E-state index is -0.579. The second-order valence-corrected chi connectivity index (χ2v) is 6.83. The van der Waals surface area contributed by atoms with Crippen LogP contribution in [-0.4, -0.2) is 37.1 Å². The van der Waals surface area contributed by atoms with Gasteiger partial charge in [-0.2, -0.15) is 5.10 Å². The molecule has 29 heavy (non-hydrogen) atoms. The molecule has 0 radical (unpaired) electrons. The number of aromatic nitrogens is 5. The number of nitrogens with one attached hydrogen (secondary N) is 2. The Morgan fingerprint density at radius 1 is 1.31 bits per heavy atom. The number of rotatable bonds is 4. The van der Waals surface area contributed by atoms with Gasteiger partial charge >= 0.3 is 6.03 Å². The first-order valence-electron chi connectivity index (χ1n) is 8.65. The van der Waals surface area contributed by atoms with Crippen LogP contribution in [-0.2, 0) is 4.74 Å². The summed E-state index contributed by atoms with van der Waals surface area (Å²) in [6.45, 7) is 3.56. The third-order valence-corrected chi connectivity index (χ3v) is 4.55. The molecule has 4 heterocycles. The van der Waals surface area contributed by atoms with Gasteiger partial charge in [0.25, 0.3) is 0 Å². The third-order valence-electron chi connectivity index (χ3n) is 4.36. The van der Waals surface area contributed by atoms with Crippen LogP contribution in [0.4, 0.5) is 20.6 Å². The van der Waals surface area contributed by atoms with Gasteiger partial charge in [0, 0.05) is 31.6 Å². The largest absolute Gasteiger partial charge is 0.375 e. The number of amides is 2. The van der Waals surface area contributed by atoms with E-state index < -0.39 is 18.0 Å². The summed E-state index contributed by atoms with van der Waals surface area (Å²) < 4.78 is 22.6. The zero-order valence-corrected chi connectivity index (χ0v) is 16.5. The molecule has 0 saturated heterocycles. The molecule has 150 valence electrons. The lowest BCUT2D eigenvalue weighted by molar-refractivity contribution is 0.114. The Bertz CT molecular complexity index is 1240. The van der Waals surface area contributed by atoms with Gasteiger partial charge in [-0.3, -0.25) is 0 Å². The standard InChI is InChI=1S/C18H17ClFN7O2/c1-9-7-26-8-11(4-12(20)17(26)22-9)23-18(28)24-13-6-21-15-5-14(19)25-27(15)16(13)10(2)29-3/h4-8,10H,1-3H3,(H2,23,24,28)/t10-/m0/s1. The van der Waals surface area contributed by atoms with E-state index in [1.54, 1.807) is 32.3 Å². The number of ether oxygens (including phenoxy) is 1. The van der Waals surface area contributed by atoms with Crippen molar-refractivity contribution in [3.8, 4) is 0 Å². The molecule has 0 fully saturated rings. The summed E-state index contributed by atoms with van der Waals surface area (Å²) in [5.41, 5.74) is 2.58. The number of nitrogens with zero attached hydrogens (tertiary/aromatic N) is 5. The summed E-state index contributed by atoms with van der Waals surface area (Å²) >= 11 is 5.98. The summed E-state index contributed by atoms with van der Waals surface area (Å²) in [6.07, 6.45) is 4.32. The summed E-state index contributed by atoms with van der Waals surface area (Å²) in [6, 6.07) is 2.22. The monoisotopic (exact) mass is 417 g/mol. The van der Waals surface area contributed by atoms with E-state index in [4.69, 9.17) is 16.3 Å². The molecule has 0 saturated carbocycles. The highest BCUT2D eigenvalue weighted by molar-refractivity contribution is 6.29. The van der Waals surface area contributed by atoms with Gasteiger partial charge in [0.2, 0.25) is 0 Å². The van der Waals surface area contributed by atoms with E-state index in [1.807, 2.05) is 0 Å². The SMILES string of the molecule is CO[C@@H](C)c1c(NC(=O)Nc2cc(F)c3nc(C)cn3c2)cnc2cc(Cl)nn12. The highest BCUT2D eigenvalue weighted by Crippen LogP contribution is 2.26. The van der Waals surface area contributed by atoms with E-state index in [0.29, 0.717) is 22.7 Å². The summed E-state index contributed by atoms with van der Waals surface area (Å²) in [7, 11) is 1.54. The Morgan fingerprint density at radius 2 is 2.10 bits per heavy atom. The number of fused-ring (bicyclic) bond motifs is 2. The molecule has 4 aromatic heterocycles. The molecule has 0 aliphatic carbocycles. The van der Waals surface area contributed by atoms with Crippen LogP contribution in [0.15, 0.2) is 30.7 Å². The van der Waals surface area contributed by atoms with Gasteiger partial charge in [0.1, 0.15) is 0 Å². The molecular formula is C18H17ClFN7O2. The van der Waals surface area contributed by atoms with E-state index in [1.165, 1.54) is 28.3 Å². The molecule has 1 atom stereocenters. The van der Waals surface area contributed by atoms with Crippen molar-refractivity contribution in [3.63, 3.8) is 0 Å². The number of pyridine rings is 1. The molecule has 11 heteroatoms. The molecule has 4 rings (SSSR count). The van der Waals surface area contributed by atoms with Crippen LogP contribution >= 0.6 is 11.6 Å². The van der Waals surface area contributed by atoms with Crippen LogP contribution in [0.2, 0.25) is 5.15 Å². The van der Waals surface area contributed by atoms with Crippen LogP contribution in [0.3, 0.4) is 0 Å². The molecule has 2 amide bonds. The fraction of sp³-hybridized carbons (Fsp3) is 0.222. The number of halogens is 2. The molecule has 0 unspecified atom stereocenters. The van der Waals surface area contributed by atoms with Crippen LogP contribution < -0.4 is 10.6 Å². The predicted molar refractivity (Wildman–Crippen MR) is 106 cm³/mol. The first-order valence-corrected chi connectivity index (χ1v) is 9.03. The van der Waals surface area contributed by atoms with Crippen molar-refractivity contribution in [2.75, 3.05) is 17.7 Å². The summed E-state index contributed by atoms with van der Waals surface area (Å²) in [5, 5.41) is 9.77. The molecule has 2 N–H and O–H groups in total. The van der Waals surface area contributed by atoms with Gasteiger partial charge in [-0.25, -0.2) is 23.7 Å². The second-order valence-electron chi connectivity index (χ2n) is 6.44. The molecule has 4 aromatic rings. The Hall–Kier alpha value is -3.24. The number of urea groups is 1. The van der Waals surface area contributed by atoms with Crippen LogP contribution in [0.5, 0.6) is 0 Å². The van der Waals surface area contributed by atoms with E-state index in [-0.39, 0.29) is 16.5 Å². The number of carbonyl (C=O) groups excluding carboxylic acids is 1. The average molecular weight is 418 g/mol. The highest BCUT2D eigenvalue weighted by Gasteiger charge is 2.19. The van der Waals surface area contributed by atoms with E-state index >= 15 is 0 Å². The first-order chi connectivity index (χ1) is 13.9. The number of aryl methyl sites for hydroxylation is 1. The Labute approximate surface area is 169 Å². The zero-order chi connectivity index (χ0) is 20.7. The van der Waals surface area contributed by atoms with Crippen molar-refractivity contribution in [1.29, 1.82) is 0 Å². The third kappa shape index (κ3) is 3.59. The lowest BCUT2D eigenvalue weighted by Crippen LogP contribution is -2.22. The maximum Gasteiger partial charge on any atom is 0.323 e. The lowest BCUT2D eigenvalue weighted by Gasteiger charge is -2.17. The first kappa shape index (κ1) is 19.1. The fourth-order valence-electron chi connectivity index (χ4n) is 3.06. The molecular weight excluding hydrogens is 401 g/mol. The van der Waals surface area contributed by atoms with E-state index in [2.05, 4.69) is 25.7 Å². The van der Waals surface area contributed by atoms with Crippen molar-refractivity contribution in [1.82, 2.24) is 24.0 Å². The fourth-order valence-corrected chi connectivity index (χ4v) is 3.23. The topological polar surface area (TPSA) is 97.8 Å². The summed E-state index contributed by atoms with van der Waals surface area (Å²) in [4.78, 5) is 20.9. The van der Waals surface area contributed by atoms with Crippen molar-refractivity contribution in [2.45, 2.75) is 20.0 Å². The zero-order valence-electron chi connectivity index (χ0n) is 15.8. The number of carbonyl (C=O) groups is 1. The molecule has 0 spiro atoms. The molecule has 0 aliphatic heterocycles. The highest BCUT2D eigenvalue weighted by atomic mass is 35.5. The number of methoxy groups -OCH3 is 1. The number of anilines is 2. The second kappa shape index (κ2) is 7.30. The smallest absolute Gasteiger partial charge is 0.323 e. The van der Waals surface area contributed by atoms with Gasteiger partial charge in [0.05, 0.1) is 35.1 Å². The van der Waals surface area contributed by atoms with Crippen molar-refractivity contribution < 1.29 is 13.9 Å². The van der Waals surface area contributed by atoms with Crippen molar-refractivity contribution in [3.05, 3.63) is 53.1 Å². The molecule has 0 bridgehead atoms. The molecule has 9 nitrogen and oxygen atoms in total. The number of imidazole rings is 1. The quantitative estimate of drug-likeness (QED) is 0.526. The normalized spacial score (nSPS) is 12.4. The molecule has 0 aromatic carbocycles. The van der Waals surface area contributed by atoms with Gasteiger partial charge in [-0.05, 0) is 13.8 Å². The van der Waals surface area contributed by atoms with Crippen molar-refractivity contribution >= 4 is 40.3 Å². The van der Waals surface area contributed by atoms with Crippen molar-refractivity contribution in [2.24, 2.45) is 0 Å². The van der Waals surface area contributed by atoms with Gasteiger partial charge < -0.3 is 19.8 Å². The van der Waals surface area contributed by atoms with Crippen LogP contribution in [0, 0.1) is 12.7 Å². The Morgan fingerprint density at radius 3 is 2.86 bits per heavy atom. The Balaban J connectivity index is 1.64. The van der Waals surface area contributed by atoms with E-state index in [0.717, 1.165) is 0 Å². The van der Waals surface area contributed by atoms with E-state index in [9.17, 15) is 9.18 Å². The van der Waals surface area contributed by atoms with Gasteiger partial charge in [-0.15, -0.1) is 0 Å². The van der Waals surface area contributed by atoms with Crippen LogP contribution in [0.25, 0.3) is 11.3 Å². The maximum atomic E-state index is 14.2. The van der Waals surface area contributed by atoms with Gasteiger partial charge in [0.15, 0.2) is 22.3 Å². The Kier molecular flexibility index (Phi) is 4.81. The van der Waals surface area contributed by atoms with Crippen LogP contribution in [0.1, 0.15) is 24.4 Å². The summed E-state index contributed by atoms with van der Waals surface area (Å²) in [5.74, 6) is -0.543. The average Bonchev–Trinajstić information content (AvgIpc) is 3.22.